The van der Waals surface area contributed by atoms with Crippen LogP contribution in [-0.2, 0) is 11.3 Å². The third-order valence-electron chi connectivity index (χ3n) is 5.33. The van der Waals surface area contributed by atoms with E-state index in [0.717, 1.165) is 38.4 Å². The van der Waals surface area contributed by atoms with E-state index in [1.807, 2.05) is 13.0 Å². The molecule has 0 aromatic carbocycles. The van der Waals surface area contributed by atoms with Gasteiger partial charge in [0.1, 0.15) is 37.1 Å². The first-order valence-electron chi connectivity index (χ1n) is 9.32. The number of aromatic nitrogens is 3. The zero-order valence-electron chi connectivity index (χ0n) is 15.8. The van der Waals surface area contributed by atoms with E-state index < -0.39 is 5.91 Å². The van der Waals surface area contributed by atoms with Crippen LogP contribution < -0.4 is 26.5 Å². The van der Waals surface area contributed by atoms with Crippen LogP contribution >= 0.6 is 0 Å². The van der Waals surface area contributed by atoms with Gasteiger partial charge in [0.2, 0.25) is 11.5 Å². The average molecular weight is 384 g/mol. The SMILES string of the molecule is Cc1cccn2c(=O)c3cc(C(N)=O)c(N)[n+](CC[NH+]4CCOCC4)c3nc12. The van der Waals surface area contributed by atoms with Crippen molar-refractivity contribution in [2.24, 2.45) is 5.73 Å². The molecule has 0 atom stereocenters. The van der Waals surface area contributed by atoms with E-state index in [0.29, 0.717) is 23.2 Å². The highest BCUT2D eigenvalue weighted by Crippen LogP contribution is 2.15. The number of morpholine rings is 1. The molecule has 1 aliphatic rings. The van der Waals surface area contributed by atoms with Gasteiger partial charge in [0.15, 0.2) is 0 Å². The monoisotopic (exact) mass is 384 g/mol. The van der Waals surface area contributed by atoms with Crippen molar-refractivity contribution in [3.8, 4) is 0 Å². The van der Waals surface area contributed by atoms with E-state index in [9.17, 15) is 9.59 Å². The van der Waals surface area contributed by atoms with Crippen LogP contribution in [-0.4, -0.2) is 48.1 Å². The highest BCUT2D eigenvalue weighted by Gasteiger charge is 2.25. The Labute approximate surface area is 161 Å². The van der Waals surface area contributed by atoms with Crippen molar-refractivity contribution in [2.45, 2.75) is 13.5 Å². The number of quaternary nitrogens is 1. The van der Waals surface area contributed by atoms with Gasteiger partial charge in [0.05, 0.1) is 13.2 Å². The minimum atomic E-state index is -0.666. The van der Waals surface area contributed by atoms with Crippen LogP contribution in [0.4, 0.5) is 5.82 Å². The summed E-state index contributed by atoms with van der Waals surface area (Å²) in [4.78, 5) is 31.1. The summed E-state index contributed by atoms with van der Waals surface area (Å²) in [7, 11) is 0. The number of primary amides is 1. The Hall–Kier alpha value is -3.04. The van der Waals surface area contributed by atoms with Gasteiger partial charge in [0, 0.05) is 11.8 Å². The van der Waals surface area contributed by atoms with Gasteiger partial charge in [-0.2, -0.15) is 0 Å². The van der Waals surface area contributed by atoms with Crippen LogP contribution in [0.15, 0.2) is 29.2 Å². The van der Waals surface area contributed by atoms with Crippen LogP contribution in [0.5, 0.6) is 0 Å². The van der Waals surface area contributed by atoms with Gasteiger partial charge in [-0.25, -0.2) is 4.57 Å². The molecule has 0 unspecified atom stereocenters. The number of carbonyl (C=O) groups is 1. The van der Waals surface area contributed by atoms with E-state index in [1.54, 1.807) is 16.8 Å². The summed E-state index contributed by atoms with van der Waals surface area (Å²) in [5, 5.41) is 0.322. The highest BCUT2D eigenvalue weighted by atomic mass is 16.5. The maximum Gasteiger partial charge on any atom is 0.278 e. The molecule has 1 amide bonds. The summed E-state index contributed by atoms with van der Waals surface area (Å²) in [6.07, 6.45) is 1.67. The Morgan fingerprint density at radius 1 is 1.39 bits per heavy atom. The van der Waals surface area contributed by atoms with Crippen LogP contribution in [0, 0.1) is 6.92 Å². The molecule has 0 radical (unpaired) electrons. The normalized spacial score (nSPS) is 15.3. The highest BCUT2D eigenvalue weighted by molar-refractivity contribution is 5.99. The first-order chi connectivity index (χ1) is 13.5. The second-order valence-electron chi connectivity index (χ2n) is 7.11. The smallest absolute Gasteiger partial charge is 0.278 e. The van der Waals surface area contributed by atoms with E-state index in [4.69, 9.17) is 21.2 Å². The lowest BCUT2D eigenvalue weighted by Gasteiger charge is -2.23. The van der Waals surface area contributed by atoms with Crippen molar-refractivity contribution in [2.75, 3.05) is 38.6 Å². The molecule has 3 aromatic heterocycles. The van der Waals surface area contributed by atoms with E-state index >= 15 is 0 Å². The van der Waals surface area contributed by atoms with Crippen molar-refractivity contribution < 1.29 is 19.0 Å². The Morgan fingerprint density at radius 2 is 2.14 bits per heavy atom. The fraction of sp³-hybridized carbons (Fsp3) is 0.368. The van der Waals surface area contributed by atoms with Crippen LogP contribution in [0.3, 0.4) is 0 Å². The largest absolute Gasteiger partial charge is 0.370 e. The minimum Gasteiger partial charge on any atom is -0.370 e. The Bertz CT molecular complexity index is 1130. The quantitative estimate of drug-likeness (QED) is 0.356. The van der Waals surface area contributed by atoms with Gasteiger partial charge >= 0.3 is 0 Å². The number of aryl methyl sites for hydroxylation is 1. The number of hydrogen-bond acceptors (Lipinski definition) is 5. The summed E-state index contributed by atoms with van der Waals surface area (Å²) in [6.45, 7) is 6.47. The first kappa shape index (κ1) is 18.3. The number of carbonyl (C=O) groups excluding carboxylic acids is 1. The molecule has 1 fully saturated rings. The molecular formula is C19H24N6O3+2. The second-order valence-corrected chi connectivity index (χ2v) is 7.11. The van der Waals surface area contributed by atoms with Gasteiger partial charge in [-0.05, 0) is 19.1 Å². The topological polar surface area (TPSA) is 121 Å². The molecule has 0 spiro atoms. The molecule has 4 heterocycles. The van der Waals surface area contributed by atoms with Crippen molar-refractivity contribution in [3.63, 3.8) is 0 Å². The first-order valence-corrected chi connectivity index (χ1v) is 9.32. The van der Waals surface area contributed by atoms with Crippen LogP contribution in [0.2, 0.25) is 0 Å². The number of hydrogen-bond donors (Lipinski definition) is 3. The molecule has 0 aliphatic carbocycles. The zero-order valence-corrected chi connectivity index (χ0v) is 15.8. The summed E-state index contributed by atoms with van der Waals surface area (Å²) in [5.41, 5.74) is 13.6. The number of amides is 1. The van der Waals surface area contributed by atoms with Crippen molar-refractivity contribution in [1.29, 1.82) is 0 Å². The number of pyridine rings is 2. The molecular weight excluding hydrogens is 360 g/mol. The van der Waals surface area contributed by atoms with Gasteiger partial charge < -0.3 is 21.1 Å². The number of nitrogen functional groups attached to an aromatic ring is 1. The van der Waals surface area contributed by atoms with Crippen LogP contribution in [0.1, 0.15) is 15.9 Å². The van der Waals surface area contributed by atoms with Crippen molar-refractivity contribution >= 4 is 28.4 Å². The van der Waals surface area contributed by atoms with Crippen molar-refractivity contribution in [3.05, 3.63) is 45.9 Å². The predicted octanol–water partition coefficient (Wildman–Crippen LogP) is -1.96. The molecule has 5 N–H and O–H groups in total. The number of ether oxygens (including phenoxy) is 1. The van der Waals surface area contributed by atoms with E-state index in [1.165, 1.54) is 15.4 Å². The lowest BCUT2D eigenvalue weighted by Crippen LogP contribution is -3.14. The number of fused-ring (bicyclic) bond motifs is 2. The summed E-state index contributed by atoms with van der Waals surface area (Å²) < 4.78 is 8.63. The molecule has 28 heavy (non-hydrogen) atoms. The third-order valence-corrected chi connectivity index (χ3v) is 5.33. The van der Waals surface area contributed by atoms with E-state index in [2.05, 4.69) is 0 Å². The van der Waals surface area contributed by atoms with Crippen molar-refractivity contribution in [1.82, 2.24) is 9.38 Å². The minimum absolute atomic E-state index is 0.135. The Balaban J connectivity index is 1.92. The molecule has 0 bridgehead atoms. The standard InChI is InChI=1S/C19H22N6O3/c1-12-3-2-4-25-17(12)22-18-14(19(25)27)11-13(16(21)26)15(20)24(18)6-5-23-7-9-28-10-8-23/h2-4,11,20H,5-10H2,1H3,(H2,21,26)/p+2. The molecule has 9 heteroatoms. The van der Waals surface area contributed by atoms with Crippen LogP contribution in [0.25, 0.3) is 16.7 Å². The number of anilines is 1. The Kier molecular flexibility index (Phi) is 4.70. The summed E-state index contributed by atoms with van der Waals surface area (Å²) >= 11 is 0. The predicted molar refractivity (Wildman–Crippen MR) is 103 cm³/mol. The molecule has 1 saturated heterocycles. The Morgan fingerprint density at radius 3 is 2.86 bits per heavy atom. The van der Waals surface area contributed by atoms with Gasteiger partial charge in [-0.15, -0.1) is 0 Å². The van der Waals surface area contributed by atoms with E-state index in [-0.39, 0.29) is 16.9 Å². The van der Waals surface area contributed by atoms with Gasteiger partial charge in [-0.3, -0.25) is 14.0 Å². The second kappa shape index (κ2) is 7.17. The summed E-state index contributed by atoms with van der Waals surface area (Å²) in [6, 6.07) is 5.14. The lowest BCUT2D eigenvalue weighted by molar-refractivity contribution is -0.923. The fourth-order valence-electron chi connectivity index (χ4n) is 3.71. The average Bonchev–Trinajstić information content (AvgIpc) is 2.68. The lowest BCUT2D eigenvalue weighted by atomic mass is 10.1. The zero-order chi connectivity index (χ0) is 19.8. The molecule has 146 valence electrons. The van der Waals surface area contributed by atoms with Gasteiger partial charge in [0.25, 0.3) is 17.1 Å². The molecule has 3 aromatic rings. The molecule has 0 saturated carbocycles. The van der Waals surface area contributed by atoms with Gasteiger partial charge in [-0.1, -0.05) is 11.1 Å². The maximum atomic E-state index is 13.1. The molecule has 1 aliphatic heterocycles. The number of nitrogens with one attached hydrogen (secondary N) is 1. The maximum absolute atomic E-state index is 13.1. The molecule has 9 nitrogen and oxygen atoms in total. The third kappa shape index (κ3) is 3.08. The fourth-order valence-corrected chi connectivity index (χ4v) is 3.71. The number of nitrogens with two attached hydrogens (primary N) is 2. The summed E-state index contributed by atoms with van der Waals surface area (Å²) in [5.74, 6) is -0.432. The molecule has 4 rings (SSSR count). The number of nitrogens with zero attached hydrogens (tertiary/aromatic N) is 3. The number of rotatable bonds is 4.